The Hall–Kier alpha value is -1.02. The van der Waals surface area contributed by atoms with E-state index in [-0.39, 0.29) is 17.4 Å². The minimum atomic E-state index is -0.0213. The van der Waals surface area contributed by atoms with Crippen LogP contribution in [0.25, 0.3) is 0 Å². The molecule has 3 heteroatoms. The molecule has 14 heavy (non-hydrogen) atoms. The van der Waals surface area contributed by atoms with Crippen molar-refractivity contribution in [2.75, 3.05) is 5.88 Å². The largest absolute Gasteiger partial charge is 0.508 e. The van der Waals surface area contributed by atoms with Crippen LogP contribution in [0.1, 0.15) is 18.1 Å². The third-order valence-electron chi connectivity index (χ3n) is 2.14. The molecular weight excluding hydrogens is 200 g/mol. The molecule has 0 heterocycles. The van der Waals surface area contributed by atoms with Gasteiger partial charge in [0.25, 0.3) is 0 Å². The van der Waals surface area contributed by atoms with Crippen LogP contribution in [0.3, 0.4) is 0 Å². The van der Waals surface area contributed by atoms with Crippen molar-refractivity contribution in [3.8, 4) is 5.75 Å². The SMILES string of the molecule is CCc1c(O)cccc1CC(=O)CCl. The normalized spacial score (nSPS) is 10.1. The summed E-state index contributed by atoms with van der Waals surface area (Å²) in [6.07, 6.45) is 1.03. The second-order valence-corrected chi connectivity index (χ2v) is 3.38. The third kappa shape index (κ3) is 2.48. The molecular formula is C11H13ClO2. The minimum Gasteiger partial charge on any atom is -0.508 e. The van der Waals surface area contributed by atoms with Crippen LogP contribution in [0.2, 0.25) is 0 Å². The van der Waals surface area contributed by atoms with E-state index in [0.29, 0.717) is 6.42 Å². The van der Waals surface area contributed by atoms with E-state index in [1.165, 1.54) is 0 Å². The highest BCUT2D eigenvalue weighted by Gasteiger charge is 2.08. The first-order valence-electron chi connectivity index (χ1n) is 4.56. The van der Waals surface area contributed by atoms with Gasteiger partial charge in [-0.2, -0.15) is 0 Å². The highest BCUT2D eigenvalue weighted by molar-refractivity contribution is 6.27. The van der Waals surface area contributed by atoms with Crippen LogP contribution in [0.15, 0.2) is 18.2 Å². The lowest BCUT2D eigenvalue weighted by atomic mass is 10.00. The summed E-state index contributed by atoms with van der Waals surface area (Å²) >= 11 is 5.43. The van der Waals surface area contributed by atoms with E-state index in [0.717, 1.165) is 17.5 Å². The van der Waals surface area contributed by atoms with E-state index in [4.69, 9.17) is 11.6 Å². The molecule has 1 aromatic rings. The fourth-order valence-electron chi connectivity index (χ4n) is 1.45. The fourth-order valence-corrected chi connectivity index (χ4v) is 1.55. The molecule has 0 fully saturated rings. The van der Waals surface area contributed by atoms with Crippen LogP contribution in [0, 0.1) is 0 Å². The lowest BCUT2D eigenvalue weighted by molar-refractivity contribution is -0.116. The van der Waals surface area contributed by atoms with Crippen molar-refractivity contribution in [1.82, 2.24) is 0 Å². The molecule has 1 rings (SSSR count). The maximum Gasteiger partial charge on any atom is 0.151 e. The van der Waals surface area contributed by atoms with Crippen LogP contribution in [-0.2, 0) is 17.6 Å². The molecule has 0 aromatic heterocycles. The number of benzene rings is 1. The average molecular weight is 213 g/mol. The monoisotopic (exact) mass is 212 g/mol. The molecule has 0 saturated carbocycles. The summed E-state index contributed by atoms with van der Waals surface area (Å²) in [4.78, 5) is 11.1. The molecule has 0 saturated heterocycles. The molecule has 0 aliphatic rings. The molecule has 76 valence electrons. The van der Waals surface area contributed by atoms with E-state index in [9.17, 15) is 9.90 Å². The smallest absolute Gasteiger partial charge is 0.151 e. The van der Waals surface area contributed by atoms with Crippen LogP contribution in [0.5, 0.6) is 5.75 Å². The summed E-state index contributed by atoms with van der Waals surface area (Å²) in [7, 11) is 0. The number of halogens is 1. The Morgan fingerprint density at radius 3 is 2.79 bits per heavy atom. The van der Waals surface area contributed by atoms with Gasteiger partial charge in [-0.25, -0.2) is 0 Å². The second kappa shape index (κ2) is 5.01. The Balaban J connectivity index is 2.96. The zero-order valence-electron chi connectivity index (χ0n) is 8.09. The van der Waals surface area contributed by atoms with Gasteiger partial charge >= 0.3 is 0 Å². The highest BCUT2D eigenvalue weighted by atomic mass is 35.5. The number of phenolic OH excluding ortho intramolecular Hbond substituents is 1. The number of phenols is 1. The van der Waals surface area contributed by atoms with Gasteiger partial charge in [0.1, 0.15) is 5.75 Å². The van der Waals surface area contributed by atoms with Crippen molar-refractivity contribution in [2.24, 2.45) is 0 Å². The van der Waals surface area contributed by atoms with Gasteiger partial charge < -0.3 is 5.11 Å². The number of aromatic hydroxyl groups is 1. The van der Waals surface area contributed by atoms with Crippen molar-refractivity contribution in [3.05, 3.63) is 29.3 Å². The first kappa shape index (κ1) is 11.1. The van der Waals surface area contributed by atoms with E-state index in [1.807, 2.05) is 13.0 Å². The number of rotatable bonds is 4. The molecule has 0 atom stereocenters. The molecule has 0 aliphatic carbocycles. The summed E-state index contributed by atoms with van der Waals surface area (Å²) in [6.45, 7) is 1.95. The predicted molar refractivity (Wildman–Crippen MR) is 56.9 cm³/mol. The number of carbonyl (C=O) groups is 1. The number of hydrogen-bond donors (Lipinski definition) is 1. The zero-order valence-corrected chi connectivity index (χ0v) is 8.84. The van der Waals surface area contributed by atoms with Gasteiger partial charge in [0.15, 0.2) is 5.78 Å². The first-order chi connectivity index (χ1) is 6.69. The average Bonchev–Trinajstić information content (AvgIpc) is 2.18. The summed E-state index contributed by atoms with van der Waals surface area (Å²) < 4.78 is 0. The molecule has 1 N–H and O–H groups in total. The van der Waals surface area contributed by atoms with Crippen molar-refractivity contribution >= 4 is 17.4 Å². The van der Waals surface area contributed by atoms with Crippen molar-refractivity contribution < 1.29 is 9.90 Å². The maximum atomic E-state index is 11.1. The summed E-state index contributed by atoms with van der Waals surface area (Å²) in [5.74, 6) is 0.262. The first-order valence-corrected chi connectivity index (χ1v) is 5.09. The van der Waals surface area contributed by atoms with E-state index < -0.39 is 0 Å². The van der Waals surface area contributed by atoms with E-state index in [2.05, 4.69) is 0 Å². The molecule has 0 spiro atoms. The van der Waals surface area contributed by atoms with Gasteiger partial charge in [-0.3, -0.25) is 4.79 Å². The molecule has 0 aliphatic heterocycles. The van der Waals surface area contributed by atoms with Gasteiger partial charge in [-0.15, -0.1) is 11.6 Å². The summed E-state index contributed by atoms with van der Waals surface area (Å²) in [6, 6.07) is 5.22. The van der Waals surface area contributed by atoms with Gasteiger partial charge in [0.05, 0.1) is 5.88 Å². The number of hydrogen-bond acceptors (Lipinski definition) is 2. The lowest BCUT2D eigenvalue weighted by Crippen LogP contribution is -2.06. The van der Waals surface area contributed by atoms with E-state index in [1.54, 1.807) is 12.1 Å². The minimum absolute atomic E-state index is 0.0213. The summed E-state index contributed by atoms with van der Waals surface area (Å²) in [5.41, 5.74) is 1.71. The van der Waals surface area contributed by atoms with Crippen LogP contribution in [-0.4, -0.2) is 16.8 Å². The van der Waals surface area contributed by atoms with Gasteiger partial charge in [-0.1, -0.05) is 19.1 Å². The number of Topliss-reactive ketones (excluding diaryl/α,β-unsaturated/α-hetero) is 1. The number of ketones is 1. The molecule has 1 aromatic carbocycles. The third-order valence-corrected chi connectivity index (χ3v) is 2.44. The topological polar surface area (TPSA) is 37.3 Å². The van der Waals surface area contributed by atoms with Crippen LogP contribution in [0.4, 0.5) is 0 Å². The Kier molecular flexibility index (Phi) is 3.96. The lowest BCUT2D eigenvalue weighted by Gasteiger charge is -2.07. The van der Waals surface area contributed by atoms with Crippen molar-refractivity contribution in [1.29, 1.82) is 0 Å². The number of alkyl halides is 1. The zero-order chi connectivity index (χ0) is 10.6. The molecule has 0 amide bonds. The predicted octanol–water partition coefficient (Wildman–Crippen LogP) is 2.30. The van der Waals surface area contributed by atoms with Gasteiger partial charge in [0.2, 0.25) is 0 Å². The molecule has 2 nitrogen and oxygen atoms in total. The van der Waals surface area contributed by atoms with Crippen molar-refractivity contribution in [3.63, 3.8) is 0 Å². The molecule has 0 unspecified atom stereocenters. The Labute approximate surface area is 88.5 Å². The Morgan fingerprint density at radius 1 is 1.50 bits per heavy atom. The standard InChI is InChI=1S/C11H13ClO2/c1-2-10-8(6-9(13)7-12)4-3-5-11(10)14/h3-5,14H,2,6-7H2,1H3. The van der Waals surface area contributed by atoms with Crippen LogP contribution >= 0.6 is 11.6 Å². The fraction of sp³-hybridized carbons (Fsp3) is 0.364. The van der Waals surface area contributed by atoms with E-state index >= 15 is 0 Å². The highest BCUT2D eigenvalue weighted by Crippen LogP contribution is 2.22. The Morgan fingerprint density at radius 2 is 2.21 bits per heavy atom. The molecule has 0 bridgehead atoms. The number of carbonyl (C=O) groups excluding carboxylic acids is 1. The van der Waals surface area contributed by atoms with Crippen LogP contribution < -0.4 is 0 Å². The van der Waals surface area contributed by atoms with Crippen molar-refractivity contribution in [2.45, 2.75) is 19.8 Å². The quantitative estimate of drug-likeness (QED) is 0.778. The summed E-state index contributed by atoms with van der Waals surface area (Å²) in [5, 5.41) is 9.53. The molecule has 0 radical (unpaired) electrons. The second-order valence-electron chi connectivity index (χ2n) is 3.12. The van der Waals surface area contributed by atoms with Gasteiger partial charge in [-0.05, 0) is 23.6 Å². The van der Waals surface area contributed by atoms with Gasteiger partial charge in [0, 0.05) is 6.42 Å². The maximum absolute atomic E-state index is 11.1. The Bertz CT molecular complexity index is 334.